The zero-order valence-corrected chi connectivity index (χ0v) is 12.5. The minimum atomic E-state index is 0.457. The number of nitrogen functional groups attached to an aromatic ring is 1. The highest BCUT2D eigenvalue weighted by Gasteiger charge is 2.10. The molecule has 0 aliphatic rings. The van der Waals surface area contributed by atoms with Gasteiger partial charge in [-0.15, -0.1) is 0 Å². The molecule has 1 heterocycles. The lowest BCUT2D eigenvalue weighted by Gasteiger charge is -2.13. The number of benzene rings is 1. The zero-order chi connectivity index (χ0) is 14.7. The van der Waals surface area contributed by atoms with Gasteiger partial charge in [-0.2, -0.15) is 4.98 Å². The Kier molecular flexibility index (Phi) is 4.42. The quantitative estimate of drug-likeness (QED) is 0.667. The van der Waals surface area contributed by atoms with Crippen LogP contribution in [-0.4, -0.2) is 9.97 Å². The first kappa shape index (κ1) is 14.6. The molecule has 1 aromatic carbocycles. The summed E-state index contributed by atoms with van der Waals surface area (Å²) in [6, 6.07) is 5.37. The molecule has 0 radical (unpaired) electrons. The first-order valence-corrected chi connectivity index (χ1v) is 6.70. The molecule has 20 heavy (non-hydrogen) atoms. The fraction of sp³-hybridized carbons (Fsp3) is 0.286. The molecule has 0 saturated carbocycles. The van der Waals surface area contributed by atoms with Gasteiger partial charge in [0, 0.05) is 17.5 Å². The number of hydrazine groups is 1. The smallest absolute Gasteiger partial charge is 0.224 e. The Morgan fingerprint density at radius 3 is 2.40 bits per heavy atom. The number of halogens is 1. The van der Waals surface area contributed by atoms with Crippen molar-refractivity contribution in [2.45, 2.75) is 27.2 Å². The van der Waals surface area contributed by atoms with Crippen molar-refractivity contribution in [2.24, 2.45) is 5.84 Å². The molecule has 2 aromatic rings. The van der Waals surface area contributed by atoms with E-state index in [2.05, 4.69) is 15.4 Å². The molecular weight excluding hydrogens is 276 g/mol. The van der Waals surface area contributed by atoms with Gasteiger partial charge in [0.2, 0.25) is 5.88 Å². The highest BCUT2D eigenvalue weighted by Crippen LogP contribution is 2.31. The predicted molar refractivity (Wildman–Crippen MR) is 80.2 cm³/mol. The van der Waals surface area contributed by atoms with Crippen LogP contribution in [0.4, 0.5) is 5.82 Å². The van der Waals surface area contributed by atoms with Gasteiger partial charge in [-0.25, -0.2) is 10.8 Å². The summed E-state index contributed by atoms with van der Waals surface area (Å²) in [4.78, 5) is 8.56. The minimum Gasteiger partial charge on any atom is -0.438 e. The maximum atomic E-state index is 6.01. The van der Waals surface area contributed by atoms with E-state index in [4.69, 9.17) is 22.2 Å². The Labute approximate surface area is 123 Å². The number of aryl methyl sites for hydroxylation is 3. The third-order valence-corrected chi connectivity index (χ3v) is 3.06. The summed E-state index contributed by atoms with van der Waals surface area (Å²) >= 11 is 6.01. The van der Waals surface area contributed by atoms with Crippen molar-refractivity contribution in [1.82, 2.24) is 9.97 Å². The number of nitrogens with zero attached hydrogens (tertiary/aromatic N) is 2. The molecule has 3 N–H and O–H groups in total. The van der Waals surface area contributed by atoms with E-state index in [1.54, 1.807) is 6.07 Å². The molecular formula is C14H17ClN4O. The highest BCUT2D eigenvalue weighted by molar-refractivity contribution is 6.30. The average Bonchev–Trinajstić information content (AvgIpc) is 2.42. The summed E-state index contributed by atoms with van der Waals surface area (Å²) in [5.41, 5.74) is 4.42. The Balaban J connectivity index is 2.39. The van der Waals surface area contributed by atoms with Gasteiger partial charge in [-0.1, -0.05) is 18.5 Å². The second-order valence-corrected chi connectivity index (χ2v) is 4.91. The van der Waals surface area contributed by atoms with Gasteiger partial charge in [-0.05, 0) is 37.1 Å². The Bertz CT molecular complexity index is 585. The van der Waals surface area contributed by atoms with Crippen LogP contribution in [0.15, 0.2) is 18.2 Å². The molecule has 0 aliphatic carbocycles. The molecule has 0 bridgehead atoms. The molecule has 1 aromatic heterocycles. The van der Waals surface area contributed by atoms with Crippen LogP contribution in [0.2, 0.25) is 5.02 Å². The van der Waals surface area contributed by atoms with E-state index in [1.807, 2.05) is 32.9 Å². The summed E-state index contributed by atoms with van der Waals surface area (Å²) in [5.74, 6) is 7.80. The predicted octanol–water partition coefficient (Wildman–Crippen LogP) is 3.39. The zero-order valence-electron chi connectivity index (χ0n) is 11.7. The van der Waals surface area contributed by atoms with Crippen LogP contribution in [0.1, 0.15) is 23.9 Å². The topological polar surface area (TPSA) is 73.1 Å². The number of rotatable bonds is 4. The van der Waals surface area contributed by atoms with Crippen LogP contribution in [0.3, 0.4) is 0 Å². The van der Waals surface area contributed by atoms with E-state index in [9.17, 15) is 0 Å². The first-order chi connectivity index (χ1) is 9.53. The molecule has 0 fully saturated rings. The van der Waals surface area contributed by atoms with Crippen LogP contribution in [0, 0.1) is 13.8 Å². The average molecular weight is 293 g/mol. The molecule has 6 heteroatoms. The van der Waals surface area contributed by atoms with Crippen LogP contribution < -0.4 is 16.0 Å². The third kappa shape index (κ3) is 3.18. The Morgan fingerprint density at radius 1 is 1.20 bits per heavy atom. The van der Waals surface area contributed by atoms with Crippen molar-refractivity contribution in [1.29, 1.82) is 0 Å². The molecule has 0 saturated heterocycles. The number of ether oxygens (including phenoxy) is 1. The van der Waals surface area contributed by atoms with Gasteiger partial charge >= 0.3 is 0 Å². The molecule has 0 atom stereocenters. The van der Waals surface area contributed by atoms with E-state index >= 15 is 0 Å². The summed E-state index contributed by atoms with van der Waals surface area (Å²) < 4.78 is 5.87. The van der Waals surface area contributed by atoms with Gasteiger partial charge in [0.05, 0.1) is 0 Å². The fourth-order valence-corrected chi connectivity index (χ4v) is 2.25. The van der Waals surface area contributed by atoms with Crippen molar-refractivity contribution in [3.63, 3.8) is 0 Å². The number of anilines is 1. The minimum absolute atomic E-state index is 0.457. The molecule has 0 spiro atoms. The van der Waals surface area contributed by atoms with E-state index < -0.39 is 0 Å². The van der Waals surface area contributed by atoms with Gasteiger partial charge in [0.25, 0.3) is 0 Å². The first-order valence-electron chi connectivity index (χ1n) is 6.32. The SMILES string of the molecule is CCc1nc(NN)cc(Oc2c(C)cc(Cl)cc2C)n1. The molecule has 106 valence electrons. The van der Waals surface area contributed by atoms with E-state index in [0.717, 1.165) is 16.9 Å². The maximum absolute atomic E-state index is 6.01. The van der Waals surface area contributed by atoms with Crippen LogP contribution >= 0.6 is 11.6 Å². The largest absolute Gasteiger partial charge is 0.438 e. The van der Waals surface area contributed by atoms with Gasteiger partial charge < -0.3 is 10.2 Å². The van der Waals surface area contributed by atoms with Crippen molar-refractivity contribution in [3.05, 3.63) is 40.2 Å². The number of nitrogens with two attached hydrogens (primary N) is 1. The molecule has 5 nitrogen and oxygen atoms in total. The van der Waals surface area contributed by atoms with Gasteiger partial charge in [0.1, 0.15) is 17.4 Å². The van der Waals surface area contributed by atoms with Crippen molar-refractivity contribution >= 4 is 17.4 Å². The van der Waals surface area contributed by atoms with Gasteiger partial charge in [-0.3, -0.25) is 0 Å². The second kappa shape index (κ2) is 6.07. The number of nitrogens with one attached hydrogen (secondary N) is 1. The third-order valence-electron chi connectivity index (χ3n) is 2.84. The summed E-state index contributed by atoms with van der Waals surface area (Å²) in [7, 11) is 0. The van der Waals surface area contributed by atoms with E-state index in [-0.39, 0.29) is 0 Å². The normalized spacial score (nSPS) is 10.4. The number of aromatic nitrogens is 2. The fourth-order valence-electron chi connectivity index (χ4n) is 1.92. The van der Waals surface area contributed by atoms with Crippen LogP contribution in [0.5, 0.6) is 11.6 Å². The molecule has 0 unspecified atom stereocenters. The van der Waals surface area contributed by atoms with Crippen LogP contribution in [0.25, 0.3) is 0 Å². The standard InChI is InChI=1S/C14H17ClN4O/c1-4-11-17-12(19-16)7-13(18-11)20-14-8(2)5-10(15)6-9(14)3/h5-7H,4,16H2,1-3H3,(H,17,18,19). The molecule has 2 rings (SSSR count). The van der Waals surface area contributed by atoms with Crippen LogP contribution in [-0.2, 0) is 6.42 Å². The van der Waals surface area contributed by atoms with Crippen molar-refractivity contribution in [2.75, 3.05) is 5.43 Å². The molecule has 0 aliphatic heterocycles. The van der Waals surface area contributed by atoms with Crippen molar-refractivity contribution in [3.8, 4) is 11.6 Å². The second-order valence-electron chi connectivity index (χ2n) is 4.48. The van der Waals surface area contributed by atoms with Crippen molar-refractivity contribution < 1.29 is 4.74 Å². The van der Waals surface area contributed by atoms with Gasteiger partial charge in [0.15, 0.2) is 0 Å². The lowest BCUT2D eigenvalue weighted by molar-refractivity contribution is 0.452. The summed E-state index contributed by atoms with van der Waals surface area (Å²) in [5, 5.41) is 0.689. The van der Waals surface area contributed by atoms with E-state index in [1.165, 1.54) is 0 Å². The number of hydrogen-bond donors (Lipinski definition) is 2. The lowest BCUT2D eigenvalue weighted by Crippen LogP contribution is -2.10. The van der Waals surface area contributed by atoms with E-state index in [0.29, 0.717) is 29.0 Å². The monoisotopic (exact) mass is 292 g/mol. The Hall–Kier alpha value is -1.85. The summed E-state index contributed by atoms with van der Waals surface area (Å²) in [6.07, 6.45) is 0.699. The lowest BCUT2D eigenvalue weighted by atomic mass is 10.1. The number of hydrogen-bond acceptors (Lipinski definition) is 5. The Morgan fingerprint density at radius 2 is 1.85 bits per heavy atom. The molecule has 0 amide bonds. The highest BCUT2D eigenvalue weighted by atomic mass is 35.5. The summed E-state index contributed by atoms with van der Waals surface area (Å²) in [6.45, 7) is 5.86. The maximum Gasteiger partial charge on any atom is 0.224 e.